The number of benzene rings is 1. The molecule has 2 aromatic rings. The van der Waals surface area contributed by atoms with Crippen molar-refractivity contribution in [1.29, 1.82) is 0 Å². The fourth-order valence-corrected chi connectivity index (χ4v) is 3.81. The fourth-order valence-electron chi connectivity index (χ4n) is 2.83. The van der Waals surface area contributed by atoms with Crippen LogP contribution >= 0.6 is 0 Å². The van der Waals surface area contributed by atoms with Gasteiger partial charge in [-0.25, -0.2) is 22.4 Å². The zero-order chi connectivity index (χ0) is 16.9. The Balaban J connectivity index is 1.64. The predicted octanol–water partition coefficient (Wildman–Crippen LogP) is 2.33. The van der Waals surface area contributed by atoms with Gasteiger partial charge >= 0.3 is 0 Å². The summed E-state index contributed by atoms with van der Waals surface area (Å²) in [6, 6.07) is 7.12. The summed E-state index contributed by atoms with van der Waals surface area (Å²) in [5.74, 6) is 3.09. The molecule has 0 bridgehead atoms. The fraction of sp³-hybridized carbons (Fsp3) is 0.529. The number of rotatable bonds is 6. The normalized spacial score (nSPS) is 18.3. The standard InChI is InChI=1S/C17H22N4O2S/c1-20(2)24(22,23)15-5-3-4-12(10-15)11-21-17(14-8-9-14)18-16(19-21)13-6-7-13/h3-5,10,13-14H,6-9,11H2,1-2H3. The molecule has 0 amide bonds. The number of aromatic nitrogens is 3. The highest BCUT2D eigenvalue weighted by Crippen LogP contribution is 2.42. The minimum Gasteiger partial charge on any atom is -0.245 e. The molecule has 1 heterocycles. The van der Waals surface area contributed by atoms with Gasteiger partial charge in [0.1, 0.15) is 5.82 Å². The third-order valence-corrected chi connectivity index (χ3v) is 6.42. The summed E-state index contributed by atoms with van der Waals surface area (Å²) in [4.78, 5) is 5.08. The maximum atomic E-state index is 12.3. The van der Waals surface area contributed by atoms with Crippen molar-refractivity contribution in [1.82, 2.24) is 19.1 Å². The van der Waals surface area contributed by atoms with Crippen molar-refractivity contribution in [3.8, 4) is 0 Å². The molecular weight excluding hydrogens is 324 g/mol. The second-order valence-corrected chi connectivity index (χ2v) is 9.12. The molecular formula is C17H22N4O2S. The number of nitrogens with zero attached hydrogens (tertiary/aromatic N) is 4. The summed E-state index contributed by atoms with van der Waals surface area (Å²) in [6.45, 7) is 0.572. The lowest BCUT2D eigenvalue weighted by Crippen LogP contribution is -2.22. The van der Waals surface area contributed by atoms with Crippen LogP contribution in [0.25, 0.3) is 0 Å². The van der Waals surface area contributed by atoms with Gasteiger partial charge in [-0.1, -0.05) is 12.1 Å². The van der Waals surface area contributed by atoms with Crippen molar-refractivity contribution in [2.24, 2.45) is 0 Å². The Morgan fingerprint density at radius 3 is 2.50 bits per heavy atom. The van der Waals surface area contributed by atoms with Crippen LogP contribution in [0.3, 0.4) is 0 Å². The zero-order valence-electron chi connectivity index (χ0n) is 14.0. The first-order valence-corrected chi connectivity index (χ1v) is 9.85. The van der Waals surface area contributed by atoms with E-state index in [-0.39, 0.29) is 0 Å². The van der Waals surface area contributed by atoms with Gasteiger partial charge in [0.15, 0.2) is 5.82 Å². The molecule has 2 aliphatic rings. The van der Waals surface area contributed by atoms with Crippen molar-refractivity contribution in [2.45, 2.75) is 49.0 Å². The number of sulfonamides is 1. The van der Waals surface area contributed by atoms with Crippen LogP contribution in [0.5, 0.6) is 0 Å². The molecule has 4 rings (SSSR count). The topological polar surface area (TPSA) is 68.1 Å². The SMILES string of the molecule is CN(C)S(=O)(=O)c1cccc(Cn2nc(C3CC3)nc2C2CC2)c1. The lowest BCUT2D eigenvalue weighted by Gasteiger charge is -2.12. The van der Waals surface area contributed by atoms with Gasteiger partial charge in [-0.05, 0) is 43.4 Å². The molecule has 7 heteroatoms. The van der Waals surface area contributed by atoms with Gasteiger partial charge in [0.25, 0.3) is 0 Å². The minimum absolute atomic E-state index is 0.320. The Hall–Kier alpha value is -1.73. The number of hydrogen-bond acceptors (Lipinski definition) is 4. The van der Waals surface area contributed by atoms with E-state index in [0.29, 0.717) is 23.3 Å². The van der Waals surface area contributed by atoms with Crippen LogP contribution in [0.2, 0.25) is 0 Å². The molecule has 0 unspecified atom stereocenters. The minimum atomic E-state index is -3.42. The largest absolute Gasteiger partial charge is 0.245 e. The molecule has 6 nitrogen and oxygen atoms in total. The van der Waals surface area contributed by atoms with Crippen molar-refractivity contribution in [3.05, 3.63) is 41.5 Å². The van der Waals surface area contributed by atoms with E-state index < -0.39 is 10.0 Å². The average molecular weight is 346 g/mol. The van der Waals surface area contributed by atoms with Gasteiger partial charge < -0.3 is 0 Å². The molecule has 0 aliphatic heterocycles. The van der Waals surface area contributed by atoms with E-state index in [0.717, 1.165) is 17.2 Å². The summed E-state index contributed by atoms with van der Waals surface area (Å²) < 4.78 is 27.8. The van der Waals surface area contributed by atoms with Crippen molar-refractivity contribution < 1.29 is 8.42 Å². The summed E-state index contributed by atoms with van der Waals surface area (Å²) in [6.07, 6.45) is 4.73. The smallest absolute Gasteiger partial charge is 0.242 e. The molecule has 2 saturated carbocycles. The molecule has 24 heavy (non-hydrogen) atoms. The summed E-state index contributed by atoms with van der Waals surface area (Å²) in [5.41, 5.74) is 0.937. The lowest BCUT2D eigenvalue weighted by molar-refractivity contribution is 0.520. The van der Waals surface area contributed by atoms with Crippen LogP contribution in [-0.4, -0.2) is 41.6 Å². The Bertz CT molecular complexity index is 864. The van der Waals surface area contributed by atoms with Gasteiger partial charge in [-0.3, -0.25) is 0 Å². The van der Waals surface area contributed by atoms with Gasteiger partial charge in [0.05, 0.1) is 11.4 Å². The molecule has 128 valence electrons. The number of hydrogen-bond donors (Lipinski definition) is 0. The van der Waals surface area contributed by atoms with Crippen molar-refractivity contribution in [3.63, 3.8) is 0 Å². The van der Waals surface area contributed by atoms with Gasteiger partial charge in [0.2, 0.25) is 10.0 Å². The van der Waals surface area contributed by atoms with E-state index in [1.54, 1.807) is 32.3 Å². The van der Waals surface area contributed by atoms with Gasteiger partial charge in [-0.2, -0.15) is 5.10 Å². The summed E-state index contributed by atoms with van der Waals surface area (Å²) in [5, 5.41) is 4.70. The van der Waals surface area contributed by atoms with Crippen LogP contribution < -0.4 is 0 Å². The average Bonchev–Trinajstić information content (AvgIpc) is 3.46. The highest BCUT2D eigenvalue weighted by atomic mass is 32.2. The zero-order valence-corrected chi connectivity index (χ0v) is 14.8. The molecule has 0 radical (unpaired) electrons. The lowest BCUT2D eigenvalue weighted by atomic mass is 10.2. The van der Waals surface area contributed by atoms with E-state index >= 15 is 0 Å². The second-order valence-electron chi connectivity index (χ2n) is 6.97. The van der Waals surface area contributed by atoms with Crippen molar-refractivity contribution in [2.75, 3.05) is 14.1 Å². The highest BCUT2D eigenvalue weighted by molar-refractivity contribution is 7.89. The molecule has 1 aromatic carbocycles. The Kier molecular flexibility index (Phi) is 3.73. The van der Waals surface area contributed by atoms with E-state index in [2.05, 4.69) is 0 Å². The molecule has 0 N–H and O–H groups in total. The van der Waals surface area contributed by atoms with E-state index in [1.807, 2.05) is 10.7 Å². The van der Waals surface area contributed by atoms with E-state index in [4.69, 9.17) is 10.1 Å². The quantitative estimate of drug-likeness (QED) is 0.805. The molecule has 0 atom stereocenters. The maximum absolute atomic E-state index is 12.3. The second kappa shape index (κ2) is 5.67. The van der Waals surface area contributed by atoms with Gasteiger partial charge in [0, 0.05) is 25.9 Å². The summed E-state index contributed by atoms with van der Waals surface area (Å²) >= 11 is 0. The third kappa shape index (κ3) is 2.98. The molecule has 2 aliphatic carbocycles. The Labute approximate surface area is 142 Å². The first-order chi connectivity index (χ1) is 11.4. The first-order valence-electron chi connectivity index (χ1n) is 8.41. The predicted molar refractivity (Wildman–Crippen MR) is 90.4 cm³/mol. The molecule has 2 fully saturated rings. The van der Waals surface area contributed by atoms with Crippen LogP contribution in [-0.2, 0) is 16.6 Å². The van der Waals surface area contributed by atoms with Crippen LogP contribution in [0.4, 0.5) is 0 Å². The van der Waals surface area contributed by atoms with Crippen LogP contribution in [0.1, 0.15) is 54.7 Å². The molecule has 0 spiro atoms. The maximum Gasteiger partial charge on any atom is 0.242 e. The monoisotopic (exact) mass is 346 g/mol. The Morgan fingerprint density at radius 2 is 1.88 bits per heavy atom. The van der Waals surface area contributed by atoms with Crippen LogP contribution in [0.15, 0.2) is 29.2 Å². The van der Waals surface area contributed by atoms with Crippen molar-refractivity contribution >= 4 is 10.0 Å². The first kappa shape index (κ1) is 15.8. The summed E-state index contributed by atoms with van der Waals surface area (Å²) in [7, 11) is -0.320. The molecule has 1 aromatic heterocycles. The highest BCUT2D eigenvalue weighted by Gasteiger charge is 2.34. The van der Waals surface area contributed by atoms with E-state index in [9.17, 15) is 8.42 Å². The molecule has 0 saturated heterocycles. The van der Waals surface area contributed by atoms with Crippen LogP contribution in [0, 0.1) is 0 Å². The third-order valence-electron chi connectivity index (χ3n) is 4.61. The Morgan fingerprint density at radius 1 is 1.17 bits per heavy atom. The van der Waals surface area contributed by atoms with Gasteiger partial charge in [-0.15, -0.1) is 0 Å². The van der Waals surface area contributed by atoms with E-state index in [1.165, 1.54) is 30.0 Å².